The van der Waals surface area contributed by atoms with Crippen LogP contribution in [0.4, 0.5) is 0 Å². The lowest BCUT2D eigenvalue weighted by Gasteiger charge is -2.11. The van der Waals surface area contributed by atoms with Crippen LogP contribution in [-0.4, -0.2) is 25.5 Å². The van der Waals surface area contributed by atoms with Crippen molar-refractivity contribution < 1.29 is 4.79 Å². The molecule has 0 aliphatic carbocycles. The van der Waals surface area contributed by atoms with E-state index in [-0.39, 0.29) is 24.6 Å². The number of halogens is 1. The third kappa shape index (κ3) is 4.18. The molecule has 30 heavy (non-hydrogen) atoms. The maximum absolute atomic E-state index is 12.1. The molecule has 0 unspecified atom stereocenters. The first-order valence-electron chi connectivity index (χ1n) is 9.01. The molecule has 152 valence electrons. The first-order valence-corrected chi connectivity index (χ1v) is 10.2. The monoisotopic (exact) mass is 440 g/mol. The maximum Gasteiger partial charge on any atom is 0.261 e. The van der Waals surface area contributed by atoms with Gasteiger partial charge in [0.15, 0.2) is 0 Å². The molecule has 1 amide bonds. The quantitative estimate of drug-likeness (QED) is 0.479. The molecular weight excluding hydrogens is 424 g/mol. The Hall–Kier alpha value is -3.27. The Bertz CT molecular complexity index is 1260. The summed E-state index contributed by atoms with van der Waals surface area (Å²) in [7, 11) is 0. The Morgan fingerprint density at radius 2 is 2.07 bits per heavy atom. The molecule has 3 aromatic heterocycles. The molecule has 3 N–H and O–H groups in total. The van der Waals surface area contributed by atoms with E-state index in [1.54, 1.807) is 45.9 Å². The summed E-state index contributed by atoms with van der Waals surface area (Å²) in [5.74, 6) is -0.221. The number of benzene rings is 1. The maximum atomic E-state index is 12.1. The van der Waals surface area contributed by atoms with Gasteiger partial charge in [0.25, 0.3) is 11.5 Å². The number of carbonyl (C=O) groups is 1. The van der Waals surface area contributed by atoms with Crippen LogP contribution < -0.4 is 16.6 Å². The minimum absolute atomic E-state index is 0.126. The zero-order chi connectivity index (χ0) is 21.1. The molecule has 0 radical (unpaired) electrons. The van der Waals surface area contributed by atoms with Gasteiger partial charge in [-0.15, -0.1) is 16.4 Å². The highest BCUT2D eigenvalue weighted by Gasteiger charge is 2.12. The van der Waals surface area contributed by atoms with E-state index in [0.717, 1.165) is 11.3 Å². The van der Waals surface area contributed by atoms with Crippen LogP contribution in [0.2, 0.25) is 4.34 Å². The van der Waals surface area contributed by atoms with Gasteiger partial charge in [-0.05, 0) is 42.0 Å². The second-order valence-corrected chi connectivity index (χ2v) is 8.08. The van der Waals surface area contributed by atoms with E-state index in [1.807, 2.05) is 18.2 Å². The molecule has 4 aromatic rings. The van der Waals surface area contributed by atoms with Gasteiger partial charge in [-0.3, -0.25) is 14.2 Å². The van der Waals surface area contributed by atoms with E-state index < -0.39 is 0 Å². The van der Waals surface area contributed by atoms with Crippen molar-refractivity contribution >= 4 is 28.8 Å². The summed E-state index contributed by atoms with van der Waals surface area (Å²) in [4.78, 5) is 24.8. The third-order valence-electron chi connectivity index (χ3n) is 4.40. The average molecular weight is 441 g/mol. The van der Waals surface area contributed by atoms with Crippen LogP contribution in [0.15, 0.2) is 65.7 Å². The summed E-state index contributed by atoms with van der Waals surface area (Å²) in [5.41, 5.74) is 8.67. The molecule has 0 fully saturated rings. The number of aromatic nitrogens is 4. The Morgan fingerprint density at radius 1 is 1.20 bits per heavy atom. The van der Waals surface area contributed by atoms with Crippen LogP contribution in [0.1, 0.15) is 20.9 Å². The number of hydrogen-bond acceptors (Lipinski definition) is 6. The molecule has 10 heteroatoms. The predicted octanol–water partition coefficient (Wildman–Crippen LogP) is 2.52. The fraction of sp³-hybridized carbons (Fsp3) is 0.100. The summed E-state index contributed by atoms with van der Waals surface area (Å²) in [6.45, 7) is 0.486. The summed E-state index contributed by atoms with van der Waals surface area (Å²) >= 11 is 7.08. The summed E-state index contributed by atoms with van der Waals surface area (Å²) in [5, 5.41) is 11.0. The number of rotatable bonds is 6. The van der Waals surface area contributed by atoms with Gasteiger partial charge < -0.3 is 11.1 Å². The first kappa shape index (κ1) is 20.0. The van der Waals surface area contributed by atoms with Crippen molar-refractivity contribution in [3.05, 3.63) is 91.7 Å². The normalized spacial score (nSPS) is 10.9. The van der Waals surface area contributed by atoms with Gasteiger partial charge in [-0.2, -0.15) is 0 Å². The first-order chi connectivity index (χ1) is 14.5. The second kappa shape index (κ2) is 8.62. The van der Waals surface area contributed by atoms with Crippen molar-refractivity contribution in [3.8, 4) is 11.4 Å². The van der Waals surface area contributed by atoms with E-state index in [4.69, 9.17) is 17.3 Å². The number of carbonyl (C=O) groups excluding carboxylic acids is 1. The van der Waals surface area contributed by atoms with Gasteiger partial charge in [0.1, 0.15) is 5.69 Å². The van der Waals surface area contributed by atoms with Crippen molar-refractivity contribution in [2.75, 3.05) is 0 Å². The van der Waals surface area contributed by atoms with Crippen LogP contribution in [0.5, 0.6) is 0 Å². The number of nitrogens with two attached hydrogens (primary N) is 1. The number of hydrogen-bond donors (Lipinski definition) is 2. The Kier molecular flexibility index (Phi) is 5.75. The van der Waals surface area contributed by atoms with Crippen molar-refractivity contribution in [1.82, 2.24) is 24.9 Å². The second-order valence-electron chi connectivity index (χ2n) is 6.37. The molecule has 0 bridgehead atoms. The highest BCUT2D eigenvalue weighted by atomic mass is 35.5. The topological polar surface area (TPSA) is 108 Å². The molecule has 0 saturated heterocycles. The molecule has 0 aliphatic heterocycles. The lowest BCUT2D eigenvalue weighted by Crippen LogP contribution is -2.21. The third-order valence-corrected chi connectivity index (χ3v) is 5.63. The fourth-order valence-electron chi connectivity index (χ4n) is 2.94. The van der Waals surface area contributed by atoms with Gasteiger partial charge in [0, 0.05) is 24.5 Å². The lowest BCUT2D eigenvalue weighted by atomic mass is 10.1. The minimum atomic E-state index is -0.221. The zero-order valence-corrected chi connectivity index (χ0v) is 17.2. The van der Waals surface area contributed by atoms with Crippen LogP contribution in [-0.2, 0) is 13.1 Å². The van der Waals surface area contributed by atoms with E-state index >= 15 is 0 Å². The summed E-state index contributed by atoms with van der Waals surface area (Å²) in [6, 6.07) is 13.8. The van der Waals surface area contributed by atoms with Gasteiger partial charge in [-0.25, -0.2) is 4.68 Å². The SMILES string of the molecule is NCc1cc(-n2ccccc2=O)ccc1-n1cc(CNC(=O)c2ccc(Cl)s2)nn1. The van der Waals surface area contributed by atoms with Gasteiger partial charge in [0.05, 0.1) is 27.6 Å². The number of nitrogens with one attached hydrogen (secondary N) is 1. The highest BCUT2D eigenvalue weighted by Crippen LogP contribution is 2.21. The predicted molar refractivity (Wildman–Crippen MR) is 115 cm³/mol. The molecule has 1 aromatic carbocycles. The van der Waals surface area contributed by atoms with Gasteiger partial charge in [-0.1, -0.05) is 22.9 Å². The van der Waals surface area contributed by atoms with E-state index in [1.165, 1.54) is 17.4 Å². The smallest absolute Gasteiger partial charge is 0.261 e. The highest BCUT2D eigenvalue weighted by molar-refractivity contribution is 7.17. The van der Waals surface area contributed by atoms with Crippen molar-refractivity contribution in [2.45, 2.75) is 13.1 Å². The molecule has 0 atom stereocenters. The molecule has 8 nitrogen and oxygen atoms in total. The molecular formula is C20H17ClN6O2S. The number of amides is 1. The van der Waals surface area contributed by atoms with Crippen LogP contribution >= 0.6 is 22.9 Å². The Morgan fingerprint density at radius 3 is 2.80 bits per heavy atom. The van der Waals surface area contributed by atoms with Gasteiger partial charge >= 0.3 is 0 Å². The zero-order valence-electron chi connectivity index (χ0n) is 15.7. The summed E-state index contributed by atoms with van der Waals surface area (Å²) < 4.78 is 3.70. The Balaban J connectivity index is 1.53. The van der Waals surface area contributed by atoms with Crippen LogP contribution in [0.3, 0.4) is 0 Å². The van der Waals surface area contributed by atoms with E-state index in [9.17, 15) is 9.59 Å². The molecule has 0 aliphatic rings. The van der Waals surface area contributed by atoms with Crippen LogP contribution in [0.25, 0.3) is 11.4 Å². The van der Waals surface area contributed by atoms with E-state index in [2.05, 4.69) is 15.6 Å². The number of thiophene rings is 1. The van der Waals surface area contributed by atoms with Gasteiger partial charge in [0.2, 0.25) is 0 Å². The van der Waals surface area contributed by atoms with Crippen molar-refractivity contribution in [1.29, 1.82) is 0 Å². The lowest BCUT2D eigenvalue weighted by molar-refractivity contribution is 0.0954. The number of nitrogens with zero attached hydrogens (tertiary/aromatic N) is 4. The average Bonchev–Trinajstić information content (AvgIpc) is 3.41. The largest absolute Gasteiger partial charge is 0.346 e. The van der Waals surface area contributed by atoms with E-state index in [0.29, 0.717) is 20.6 Å². The minimum Gasteiger partial charge on any atom is -0.346 e. The molecule has 0 saturated carbocycles. The summed E-state index contributed by atoms with van der Waals surface area (Å²) in [6.07, 6.45) is 3.43. The fourth-order valence-corrected chi connectivity index (χ4v) is 3.90. The molecule has 0 spiro atoms. The molecule has 4 rings (SSSR count). The van der Waals surface area contributed by atoms with Crippen LogP contribution in [0, 0.1) is 0 Å². The van der Waals surface area contributed by atoms with Crippen molar-refractivity contribution in [3.63, 3.8) is 0 Å². The van der Waals surface area contributed by atoms with Crippen molar-refractivity contribution in [2.24, 2.45) is 5.73 Å². The number of pyridine rings is 1. The standard InChI is InChI=1S/C20H17ClN6O2S/c21-18-7-6-17(30-18)20(29)23-11-14-12-27(25-24-14)16-5-4-15(9-13(16)10-22)26-8-2-1-3-19(26)28/h1-9,12H,10-11,22H2,(H,23,29). The Labute approximate surface area is 180 Å². The molecule has 3 heterocycles.